The van der Waals surface area contributed by atoms with Crippen LogP contribution < -0.4 is 10.6 Å². The van der Waals surface area contributed by atoms with E-state index in [0.717, 1.165) is 41.8 Å². The lowest BCUT2D eigenvalue weighted by Gasteiger charge is -2.25. The van der Waals surface area contributed by atoms with Crippen LogP contribution in [0.5, 0.6) is 0 Å². The lowest BCUT2D eigenvalue weighted by molar-refractivity contribution is -0.119. The van der Waals surface area contributed by atoms with Gasteiger partial charge in [0.2, 0.25) is 5.91 Å². The molecule has 1 aliphatic rings. The van der Waals surface area contributed by atoms with E-state index in [1.807, 2.05) is 38.1 Å². The van der Waals surface area contributed by atoms with Crippen LogP contribution in [0, 0.1) is 25.2 Å². The molecule has 1 saturated carbocycles. The largest absolute Gasteiger partial charge is 0.339 e. The van der Waals surface area contributed by atoms with Gasteiger partial charge >= 0.3 is 0 Å². The summed E-state index contributed by atoms with van der Waals surface area (Å²) >= 11 is 0. The van der Waals surface area contributed by atoms with Gasteiger partial charge in [0.1, 0.15) is 11.7 Å². The van der Waals surface area contributed by atoms with Crippen molar-refractivity contribution in [2.24, 2.45) is 18.4 Å². The number of aryl methyl sites for hydroxylation is 3. The van der Waals surface area contributed by atoms with Crippen molar-refractivity contribution in [2.45, 2.75) is 53.0 Å². The number of H-pyrrole nitrogens is 1. The summed E-state index contributed by atoms with van der Waals surface area (Å²) in [5.74, 6) is -0.412. The van der Waals surface area contributed by atoms with Crippen LogP contribution in [0.25, 0.3) is 11.1 Å². The Balaban J connectivity index is 1.52. The van der Waals surface area contributed by atoms with E-state index in [9.17, 15) is 9.59 Å². The minimum atomic E-state index is -0.618. The first-order chi connectivity index (χ1) is 15.6. The van der Waals surface area contributed by atoms with Crippen molar-refractivity contribution in [1.82, 2.24) is 25.3 Å². The van der Waals surface area contributed by atoms with Crippen molar-refractivity contribution in [3.05, 3.63) is 53.6 Å². The number of amides is 2. The van der Waals surface area contributed by atoms with Gasteiger partial charge in [-0.1, -0.05) is 26.0 Å². The smallest absolute Gasteiger partial charge is 0.270 e. The molecule has 2 aromatic heterocycles. The molecule has 0 radical (unpaired) electrons. The van der Waals surface area contributed by atoms with Gasteiger partial charge in [-0.3, -0.25) is 19.4 Å². The maximum absolute atomic E-state index is 13.4. The van der Waals surface area contributed by atoms with Crippen LogP contribution in [0.3, 0.4) is 0 Å². The molecule has 2 atom stereocenters. The molecule has 3 N–H and O–H groups in total. The number of rotatable bonds is 6. The van der Waals surface area contributed by atoms with E-state index in [4.69, 9.17) is 0 Å². The highest BCUT2D eigenvalue weighted by molar-refractivity contribution is 6.00. The first-order valence-corrected chi connectivity index (χ1v) is 11.4. The van der Waals surface area contributed by atoms with E-state index in [0.29, 0.717) is 11.4 Å². The molecule has 3 aromatic rings. The average Bonchev–Trinajstić information content (AvgIpc) is 3.45. The SMILES string of the molecule is Cc1n[nH]c(C)c1-c1ccc(NC(=O)C(NC(=O)c2ccnn2C)C2CCC(C)(C)C2)cc1. The molecule has 0 aliphatic heterocycles. The van der Waals surface area contributed by atoms with Crippen molar-refractivity contribution in [3.8, 4) is 11.1 Å². The van der Waals surface area contributed by atoms with Crippen molar-refractivity contribution in [1.29, 1.82) is 0 Å². The van der Waals surface area contributed by atoms with E-state index >= 15 is 0 Å². The molecule has 0 saturated heterocycles. The third-order valence-electron chi connectivity index (χ3n) is 6.67. The van der Waals surface area contributed by atoms with Crippen molar-refractivity contribution >= 4 is 17.5 Å². The van der Waals surface area contributed by atoms with Gasteiger partial charge in [0.15, 0.2) is 0 Å². The number of nitrogens with zero attached hydrogens (tertiary/aromatic N) is 3. The number of carbonyl (C=O) groups excluding carboxylic acids is 2. The third-order valence-corrected chi connectivity index (χ3v) is 6.67. The lowest BCUT2D eigenvalue weighted by Crippen LogP contribution is -2.48. The summed E-state index contributed by atoms with van der Waals surface area (Å²) in [5, 5.41) is 17.3. The van der Waals surface area contributed by atoms with Crippen LogP contribution in [-0.4, -0.2) is 37.8 Å². The number of hydrogen-bond acceptors (Lipinski definition) is 4. The molecule has 2 heterocycles. The van der Waals surface area contributed by atoms with Gasteiger partial charge in [-0.15, -0.1) is 0 Å². The molecule has 4 rings (SSSR count). The zero-order chi connectivity index (χ0) is 23.8. The number of aromatic nitrogens is 4. The van der Waals surface area contributed by atoms with Crippen LogP contribution >= 0.6 is 0 Å². The maximum atomic E-state index is 13.4. The Morgan fingerprint density at radius 1 is 1.18 bits per heavy atom. The number of aromatic amines is 1. The molecule has 1 aromatic carbocycles. The van der Waals surface area contributed by atoms with Crippen molar-refractivity contribution < 1.29 is 9.59 Å². The van der Waals surface area contributed by atoms with E-state index in [1.165, 1.54) is 4.68 Å². The highest BCUT2D eigenvalue weighted by Crippen LogP contribution is 2.42. The molecule has 2 unspecified atom stereocenters. The molecule has 33 heavy (non-hydrogen) atoms. The Bertz CT molecular complexity index is 1140. The van der Waals surface area contributed by atoms with Gasteiger partial charge in [-0.25, -0.2) is 0 Å². The summed E-state index contributed by atoms with van der Waals surface area (Å²) in [4.78, 5) is 26.3. The summed E-state index contributed by atoms with van der Waals surface area (Å²) in [6, 6.07) is 8.76. The van der Waals surface area contributed by atoms with Crippen LogP contribution in [0.2, 0.25) is 0 Å². The van der Waals surface area contributed by atoms with Crippen molar-refractivity contribution in [2.75, 3.05) is 5.32 Å². The fourth-order valence-electron chi connectivity index (χ4n) is 4.90. The molecule has 2 amide bonds. The molecule has 1 fully saturated rings. The van der Waals surface area contributed by atoms with Gasteiger partial charge in [0, 0.05) is 30.2 Å². The van der Waals surface area contributed by atoms with Gasteiger partial charge in [0.25, 0.3) is 5.91 Å². The zero-order valence-corrected chi connectivity index (χ0v) is 19.9. The van der Waals surface area contributed by atoms with Gasteiger partial charge < -0.3 is 10.6 Å². The normalized spacial score (nSPS) is 18.2. The first-order valence-electron chi connectivity index (χ1n) is 11.4. The third kappa shape index (κ3) is 4.84. The zero-order valence-electron chi connectivity index (χ0n) is 19.9. The van der Waals surface area contributed by atoms with Crippen LogP contribution in [0.15, 0.2) is 36.5 Å². The minimum Gasteiger partial charge on any atom is -0.339 e. The Morgan fingerprint density at radius 2 is 1.91 bits per heavy atom. The first kappa shape index (κ1) is 22.8. The number of anilines is 1. The molecule has 0 bridgehead atoms. The fourth-order valence-corrected chi connectivity index (χ4v) is 4.90. The van der Waals surface area contributed by atoms with E-state index in [-0.39, 0.29) is 23.1 Å². The molecular weight excluding hydrogens is 416 g/mol. The Kier molecular flexibility index (Phi) is 6.10. The predicted molar refractivity (Wildman–Crippen MR) is 128 cm³/mol. The van der Waals surface area contributed by atoms with Crippen molar-refractivity contribution in [3.63, 3.8) is 0 Å². The Labute approximate surface area is 194 Å². The number of nitrogens with one attached hydrogen (secondary N) is 3. The topological polar surface area (TPSA) is 105 Å². The van der Waals surface area contributed by atoms with Crippen LogP contribution in [-0.2, 0) is 11.8 Å². The summed E-state index contributed by atoms with van der Waals surface area (Å²) in [7, 11) is 1.72. The lowest BCUT2D eigenvalue weighted by atomic mass is 9.88. The molecule has 174 valence electrons. The van der Waals surface area contributed by atoms with E-state index in [1.54, 1.807) is 19.3 Å². The van der Waals surface area contributed by atoms with Crippen LogP contribution in [0.1, 0.15) is 55.0 Å². The van der Waals surface area contributed by atoms with E-state index in [2.05, 4.69) is 39.8 Å². The molecule has 0 spiro atoms. The Hall–Kier alpha value is -3.42. The monoisotopic (exact) mass is 448 g/mol. The van der Waals surface area contributed by atoms with Crippen LogP contribution in [0.4, 0.5) is 5.69 Å². The molecule has 1 aliphatic carbocycles. The molecular formula is C25H32N6O2. The maximum Gasteiger partial charge on any atom is 0.270 e. The van der Waals surface area contributed by atoms with Gasteiger partial charge in [-0.05, 0) is 68.2 Å². The van der Waals surface area contributed by atoms with Gasteiger partial charge in [-0.2, -0.15) is 10.2 Å². The predicted octanol–water partition coefficient (Wildman–Crippen LogP) is 3.99. The second-order valence-corrected chi connectivity index (χ2v) is 9.83. The highest BCUT2D eigenvalue weighted by atomic mass is 16.2. The second-order valence-electron chi connectivity index (χ2n) is 9.83. The minimum absolute atomic E-state index is 0.0766. The van der Waals surface area contributed by atoms with E-state index < -0.39 is 6.04 Å². The number of hydrogen-bond donors (Lipinski definition) is 3. The summed E-state index contributed by atoms with van der Waals surface area (Å²) < 4.78 is 1.52. The Morgan fingerprint density at radius 3 is 2.45 bits per heavy atom. The molecule has 8 nitrogen and oxygen atoms in total. The fraction of sp³-hybridized carbons (Fsp3) is 0.440. The summed E-state index contributed by atoms with van der Waals surface area (Å²) in [5.41, 5.74) is 5.33. The van der Waals surface area contributed by atoms with Gasteiger partial charge in [0.05, 0.1) is 5.69 Å². The standard InChI is InChI=1S/C25H32N6O2/c1-15-21(16(2)30-29-15)17-6-8-19(9-7-17)27-24(33)22(18-10-12-25(3,4)14-18)28-23(32)20-11-13-26-31(20)5/h6-9,11,13,18,22H,10,12,14H2,1-5H3,(H,27,33)(H,28,32)(H,29,30). The molecule has 8 heteroatoms. The quantitative estimate of drug-likeness (QED) is 0.530. The highest BCUT2D eigenvalue weighted by Gasteiger charge is 2.39. The summed E-state index contributed by atoms with van der Waals surface area (Å²) in [6.45, 7) is 8.38. The number of benzene rings is 1. The summed E-state index contributed by atoms with van der Waals surface area (Å²) in [6.07, 6.45) is 4.39. The average molecular weight is 449 g/mol. The second kappa shape index (κ2) is 8.84. The number of carbonyl (C=O) groups is 2.